The molecule has 0 spiro atoms. The zero-order valence-electron chi connectivity index (χ0n) is 8.35. The molecule has 1 aliphatic carbocycles. The van der Waals surface area contributed by atoms with E-state index in [2.05, 4.69) is 22.6 Å². The lowest BCUT2D eigenvalue weighted by Crippen LogP contribution is -2.39. The first-order valence-electron chi connectivity index (χ1n) is 4.89. The van der Waals surface area contributed by atoms with Crippen molar-refractivity contribution in [3.05, 3.63) is 0 Å². The third-order valence-corrected chi connectivity index (χ3v) is 4.07. The van der Waals surface area contributed by atoms with Crippen LogP contribution in [0.15, 0.2) is 0 Å². The van der Waals surface area contributed by atoms with Crippen molar-refractivity contribution in [2.24, 2.45) is 5.41 Å². The molecule has 0 aromatic carbocycles. The van der Waals surface area contributed by atoms with Crippen molar-refractivity contribution in [1.29, 1.82) is 0 Å². The molecule has 1 aliphatic rings. The first-order valence-corrected chi connectivity index (χ1v) is 6.42. The lowest BCUT2D eigenvalue weighted by atomic mass is 9.75. The Morgan fingerprint density at radius 2 is 2.36 bits per heavy atom. The predicted octanol–water partition coefficient (Wildman–Crippen LogP) is 2.11. The van der Waals surface area contributed by atoms with Crippen molar-refractivity contribution in [2.45, 2.75) is 32.6 Å². The van der Waals surface area contributed by atoms with Crippen molar-refractivity contribution < 1.29 is 14.3 Å². The summed E-state index contributed by atoms with van der Waals surface area (Å²) < 4.78 is 5.70. The summed E-state index contributed by atoms with van der Waals surface area (Å²) in [6.07, 6.45) is 2.60. The molecule has 0 aliphatic heterocycles. The van der Waals surface area contributed by atoms with Crippen LogP contribution in [0.1, 0.15) is 32.6 Å². The van der Waals surface area contributed by atoms with Crippen molar-refractivity contribution in [2.75, 3.05) is 11.0 Å². The topological polar surface area (TPSA) is 43.4 Å². The van der Waals surface area contributed by atoms with Crippen LogP contribution in [0, 0.1) is 5.41 Å². The van der Waals surface area contributed by atoms with Crippen LogP contribution in [0.3, 0.4) is 0 Å². The fourth-order valence-electron chi connectivity index (χ4n) is 1.81. The Balaban J connectivity index is 2.73. The Bertz CT molecular complexity index is 240. The third kappa shape index (κ3) is 2.46. The van der Waals surface area contributed by atoms with Crippen LogP contribution < -0.4 is 0 Å². The number of carbonyl (C=O) groups is 2. The first kappa shape index (κ1) is 11.9. The first-order chi connectivity index (χ1) is 6.64. The Morgan fingerprint density at radius 1 is 1.64 bits per heavy atom. The van der Waals surface area contributed by atoms with Gasteiger partial charge in [-0.05, 0) is 19.8 Å². The van der Waals surface area contributed by atoms with E-state index >= 15 is 0 Å². The van der Waals surface area contributed by atoms with E-state index in [0.29, 0.717) is 23.9 Å². The lowest BCUT2D eigenvalue weighted by Gasteiger charge is -2.32. The molecule has 3 nitrogen and oxygen atoms in total. The lowest BCUT2D eigenvalue weighted by molar-refractivity contribution is -0.157. The van der Waals surface area contributed by atoms with Crippen LogP contribution in [0.2, 0.25) is 0 Å². The van der Waals surface area contributed by atoms with Gasteiger partial charge in [-0.3, -0.25) is 9.59 Å². The highest BCUT2D eigenvalue weighted by Gasteiger charge is 2.42. The molecule has 1 atom stereocenters. The van der Waals surface area contributed by atoms with Crippen LogP contribution in [0.25, 0.3) is 0 Å². The Morgan fingerprint density at radius 3 is 2.86 bits per heavy atom. The second-order valence-corrected chi connectivity index (χ2v) is 4.47. The normalized spacial score (nSPS) is 27.4. The number of rotatable bonds is 3. The zero-order valence-corrected chi connectivity index (χ0v) is 10.5. The molecule has 0 heterocycles. The van der Waals surface area contributed by atoms with Gasteiger partial charge < -0.3 is 4.74 Å². The molecule has 80 valence electrons. The summed E-state index contributed by atoms with van der Waals surface area (Å²) in [5.74, 6) is 0.00317. The van der Waals surface area contributed by atoms with Crippen molar-refractivity contribution in [3.8, 4) is 0 Å². The van der Waals surface area contributed by atoms with Crippen LogP contribution >= 0.6 is 22.6 Å². The van der Waals surface area contributed by atoms with E-state index in [-0.39, 0.29) is 11.8 Å². The molecule has 14 heavy (non-hydrogen) atoms. The van der Waals surface area contributed by atoms with Crippen molar-refractivity contribution >= 4 is 34.3 Å². The molecule has 0 bridgehead atoms. The molecule has 4 heteroatoms. The number of ketones is 1. The number of halogens is 1. The Labute approximate surface area is 97.7 Å². The molecular formula is C10H15IO3. The maximum atomic E-state index is 11.7. The van der Waals surface area contributed by atoms with Crippen LogP contribution in [0.5, 0.6) is 0 Å². The van der Waals surface area contributed by atoms with Gasteiger partial charge in [-0.2, -0.15) is 0 Å². The van der Waals surface area contributed by atoms with Gasteiger partial charge in [0.1, 0.15) is 5.78 Å². The van der Waals surface area contributed by atoms with E-state index in [4.69, 9.17) is 4.74 Å². The summed E-state index contributed by atoms with van der Waals surface area (Å²) in [4.78, 5) is 23.1. The van der Waals surface area contributed by atoms with Gasteiger partial charge in [-0.25, -0.2) is 0 Å². The Hall–Kier alpha value is -0.130. The summed E-state index contributed by atoms with van der Waals surface area (Å²) >= 11 is 2.17. The van der Waals surface area contributed by atoms with Gasteiger partial charge in [-0.1, -0.05) is 22.6 Å². The number of carbonyl (C=O) groups excluding carboxylic acids is 2. The summed E-state index contributed by atoms with van der Waals surface area (Å²) in [6, 6.07) is 0. The van der Waals surface area contributed by atoms with Crippen LogP contribution in [0.4, 0.5) is 0 Å². The smallest absolute Gasteiger partial charge is 0.313 e. The fourth-order valence-corrected chi connectivity index (χ4v) is 2.77. The van der Waals surface area contributed by atoms with Crippen LogP contribution in [-0.2, 0) is 14.3 Å². The van der Waals surface area contributed by atoms with Gasteiger partial charge in [0.25, 0.3) is 0 Å². The molecular weight excluding hydrogens is 295 g/mol. The minimum absolute atomic E-state index is 0.192. The Kier molecular flexibility index (Phi) is 4.34. The number of alkyl halides is 1. The number of hydrogen-bond donors (Lipinski definition) is 0. The largest absolute Gasteiger partial charge is 0.466 e. The summed E-state index contributed by atoms with van der Waals surface area (Å²) in [5, 5.41) is 0. The zero-order chi connectivity index (χ0) is 10.6. The van der Waals surface area contributed by atoms with E-state index in [9.17, 15) is 9.59 Å². The van der Waals surface area contributed by atoms with E-state index in [1.807, 2.05) is 0 Å². The fraction of sp³-hybridized carbons (Fsp3) is 0.800. The standard InChI is InChI=1S/C10H15IO3/c1-2-14-9(13)10(7-11)5-3-4-8(12)6-10/h2-7H2,1H3. The second-order valence-electron chi connectivity index (χ2n) is 3.70. The van der Waals surface area contributed by atoms with Crippen molar-refractivity contribution in [1.82, 2.24) is 0 Å². The molecule has 1 rings (SSSR count). The number of esters is 1. The van der Waals surface area contributed by atoms with E-state index in [1.165, 1.54) is 0 Å². The van der Waals surface area contributed by atoms with Gasteiger partial charge in [0.2, 0.25) is 0 Å². The van der Waals surface area contributed by atoms with Gasteiger partial charge in [-0.15, -0.1) is 0 Å². The van der Waals surface area contributed by atoms with E-state index < -0.39 is 5.41 Å². The average molecular weight is 310 g/mol. The number of Topliss-reactive ketones (excluding diaryl/α,β-unsaturated/α-hetero) is 1. The maximum Gasteiger partial charge on any atom is 0.313 e. The monoisotopic (exact) mass is 310 g/mol. The molecule has 0 aromatic heterocycles. The summed E-state index contributed by atoms with van der Waals surface area (Å²) in [5.41, 5.74) is -0.522. The minimum Gasteiger partial charge on any atom is -0.466 e. The SMILES string of the molecule is CCOC(=O)C1(CI)CCCC(=O)C1. The van der Waals surface area contributed by atoms with Gasteiger partial charge in [0.15, 0.2) is 0 Å². The molecule has 0 amide bonds. The highest BCUT2D eigenvalue weighted by Crippen LogP contribution is 2.37. The summed E-state index contributed by atoms with van der Waals surface area (Å²) in [7, 11) is 0. The molecule has 0 aromatic rings. The minimum atomic E-state index is -0.522. The highest BCUT2D eigenvalue weighted by molar-refractivity contribution is 14.1. The molecule has 0 saturated heterocycles. The van der Waals surface area contributed by atoms with Gasteiger partial charge in [0, 0.05) is 17.3 Å². The van der Waals surface area contributed by atoms with Crippen LogP contribution in [-0.4, -0.2) is 22.8 Å². The molecule has 1 unspecified atom stereocenters. The molecule has 0 N–H and O–H groups in total. The van der Waals surface area contributed by atoms with Gasteiger partial charge >= 0.3 is 5.97 Å². The van der Waals surface area contributed by atoms with E-state index in [0.717, 1.165) is 12.8 Å². The molecule has 1 saturated carbocycles. The number of ether oxygens (including phenoxy) is 1. The van der Waals surface area contributed by atoms with Crippen molar-refractivity contribution in [3.63, 3.8) is 0 Å². The average Bonchev–Trinajstić information content (AvgIpc) is 2.18. The maximum absolute atomic E-state index is 11.7. The summed E-state index contributed by atoms with van der Waals surface area (Å²) in [6.45, 7) is 2.19. The van der Waals surface area contributed by atoms with Gasteiger partial charge in [0.05, 0.1) is 12.0 Å². The predicted molar refractivity (Wildman–Crippen MR) is 61.4 cm³/mol. The highest BCUT2D eigenvalue weighted by atomic mass is 127. The second kappa shape index (κ2) is 5.09. The molecule has 0 radical (unpaired) electrons. The third-order valence-electron chi connectivity index (χ3n) is 2.61. The quantitative estimate of drug-likeness (QED) is 0.455. The molecule has 1 fully saturated rings. The number of hydrogen-bond acceptors (Lipinski definition) is 3. The van der Waals surface area contributed by atoms with E-state index in [1.54, 1.807) is 6.92 Å².